The van der Waals surface area contributed by atoms with Gasteiger partial charge in [-0.25, -0.2) is 0 Å². The molecule has 0 radical (unpaired) electrons. The third-order valence-corrected chi connectivity index (χ3v) is 3.73. The van der Waals surface area contributed by atoms with E-state index in [1.54, 1.807) is 7.05 Å². The van der Waals surface area contributed by atoms with E-state index >= 15 is 0 Å². The van der Waals surface area contributed by atoms with Crippen LogP contribution in [0.4, 0.5) is 0 Å². The first-order valence-electron chi connectivity index (χ1n) is 8.11. The van der Waals surface area contributed by atoms with Gasteiger partial charge in [-0.15, -0.1) is 0 Å². The lowest BCUT2D eigenvalue weighted by molar-refractivity contribution is 0.0642. The van der Waals surface area contributed by atoms with E-state index in [1.165, 1.54) is 11.1 Å². The van der Waals surface area contributed by atoms with Gasteiger partial charge in [-0.3, -0.25) is 4.99 Å². The number of amidine groups is 1. The topological polar surface area (TPSA) is 71.1 Å². The molecule has 0 aliphatic heterocycles. The first kappa shape index (κ1) is 21.1. The maximum atomic E-state index is 10.00. The number of rotatable bonds is 10. The highest BCUT2D eigenvalue weighted by Gasteiger charge is 2.18. The highest BCUT2D eigenvalue weighted by atomic mass is 16.5. The summed E-state index contributed by atoms with van der Waals surface area (Å²) in [7, 11) is 1.79. The summed E-state index contributed by atoms with van der Waals surface area (Å²) in [6.45, 7) is 13.3. The van der Waals surface area contributed by atoms with Gasteiger partial charge in [0.15, 0.2) is 0 Å². The standard InChI is InChI=1S/C17H35N3O2/c1-7-22-13-16(19-6)20(11-9-17(4,5)21)12-15(3)14(2)8-10-18/h21H,7-13,18H2,1-6H3/b15-14+,19-16-. The maximum absolute atomic E-state index is 10.00. The number of hydrogen-bond acceptors (Lipinski definition) is 4. The van der Waals surface area contributed by atoms with Gasteiger partial charge in [0, 0.05) is 26.7 Å². The first-order chi connectivity index (χ1) is 10.2. The molecule has 0 bridgehead atoms. The summed E-state index contributed by atoms with van der Waals surface area (Å²) in [5.74, 6) is 0.922. The van der Waals surface area contributed by atoms with E-state index in [0.29, 0.717) is 26.2 Å². The Morgan fingerprint density at radius 1 is 1.27 bits per heavy atom. The smallest absolute Gasteiger partial charge is 0.125 e. The van der Waals surface area contributed by atoms with Crippen LogP contribution in [0, 0.1) is 0 Å². The molecule has 0 saturated carbocycles. The molecule has 0 atom stereocenters. The first-order valence-corrected chi connectivity index (χ1v) is 8.11. The molecule has 0 aliphatic carbocycles. The van der Waals surface area contributed by atoms with E-state index in [1.807, 2.05) is 20.8 Å². The second-order valence-corrected chi connectivity index (χ2v) is 6.36. The van der Waals surface area contributed by atoms with Crippen molar-refractivity contribution in [3.8, 4) is 0 Å². The van der Waals surface area contributed by atoms with Gasteiger partial charge >= 0.3 is 0 Å². The van der Waals surface area contributed by atoms with E-state index in [4.69, 9.17) is 10.5 Å². The van der Waals surface area contributed by atoms with Gasteiger partial charge in [-0.05, 0) is 54.0 Å². The van der Waals surface area contributed by atoms with Crippen molar-refractivity contribution >= 4 is 5.84 Å². The molecular weight excluding hydrogens is 278 g/mol. The predicted molar refractivity (Wildman–Crippen MR) is 94.4 cm³/mol. The van der Waals surface area contributed by atoms with Crippen molar-refractivity contribution in [1.82, 2.24) is 4.90 Å². The summed E-state index contributed by atoms with van der Waals surface area (Å²) in [6.07, 6.45) is 1.59. The molecule has 0 amide bonds. The molecule has 0 aliphatic rings. The highest BCUT2D eigenvalue weighted by Crippen LogP contribution is 2.13. The molecule has 0 aromatic carbocycles. The lowest BCUT2D eigenvalue weighted by atomic mass is 10.0. The third kappa shape index (κ3) is 9.18. The Kier molecular flexibility index (Phi) is 10.3. The summed E-state index contributed by atoms with van der Waals surface area (Å²) in [5, 5.41) is 10.00. The molecule has 22 heavy (non-hydrogen) atoms. The van der Waals surface area contributed by atoms with Crippen molar-refractivity contribution in [3.63, 3.8) is 0 Å². The molecule has 0 fully saturated rings. The minimum Gasteiger partial charge on any atom is -0.390 e. The van der Waals surface area contributed by atoms with Crippen LogP contribution in [-0.2, 0) is 4.74 Å². The Hall–Kier alpha value is -0.910. The van der Waals surface area contributed by atoms with Gasteiger partial charge in [-0.1, -0.05) is 11.1 Å². The van der Waals surface area contributed by atoms with Gasteiger partial charge in [0.1, 0.15) is 12.4 Å². The fraction of sp³-hybridized carbons (Fsp3) is 0.824. The van der Waals surface area contributed by atoms with Crippen LogP contribution >= 0.6 is 0 Å². The average Bonchev–Trinajstić information content (AvgIpc) is 2.44. The minimum atomic E-state index is -0.688. The molecule has 0 aromatic rings. The SMILES string of the molecule is CCOC/C(=N/C)N(CCC(C)(C)O)C/C(C)=C(\C)CCN. The lowest BCUT2D eigenvalue weighted by Crippen LogP contribution is -2.39. The summed E-state index contributed by atoms with van der Waals surface area (Å²) in [4.78, 5) is 6.57. The second kappa shape index (κ2) is 10.8. The van der Waals surface area contributed by atoms with Crippen LogP contribution in [0.3, 0.4) is 0 Å². The van der Waals surface area contributed by atoms with Crippen LogP contribution in [0.2, 0.25) is 0 Å². The Labute approximate surface area is 136 Å². The Bertz CT molecular complexity index is 371. The van der Waals surface area contributed by atoms with Gasteiger partial charge in [0.25, 0.3) is 0 Å². The zero-order chi connectivity index (χ0) is 17.2. The number of aliphatic imine (C=N–C) groups is 1. The van der Waals surface area contributed by atoms with Crippen molar-refractivity contribution in [2.24, 2.45) is 10.7 Å². The summed E-state index contributed by atoms with van der Waals surface area (Å²) in [6, 6.07) is 0. The molecule has 0 rings (SSSR count). The molecule has 3 N–H and O–H groups in total. The van der Waals surface area contributed by atoms with E-state index in [-0.39, 0.29) is 0 Å². The van der Waals surface area contributed by atoms with Gasteiger partial charge < -0.3 is 20.5 Å². The summed E-state index contributed by atoms with van der Waals surface area (Å²) < 4.78 is 5.52. The molecule has 5 nitrogen and oxygen atoms in total. The zero-order valence-electron chi connectivity index (χ0n) is 15.3. The third-order valence-electron chi connectivity index (χ3n) is 3.73. The normalized spacial score (nSPS) is 14.1. The minimum absolute atomic E-state index is 0.502. The highest BCUT2D eigenvalue weighted by molar-refractivity contribution is 5.83. The molecule has 5 heteroatoms. The number of hydrogen-bond donors (Lipinski definition) is 2. The summed E-state index contributed by atoms with van der Waals surface area (Å²) in [5.41, 5.74) is 7.58. The Balaban J connectivity index is 5.03. The van der Waals surface area contributed by atoms with Crippen LogP contribution in [0.5, 0.6) is 0 Å². The molecule has 0 aromatic heterocycles. The van der Waals surface area contributed by atoms with Crippen LogP contribution in [-0.4, -0.2) is 61.3 Å². The fourth-order valence-electron chi connectivity index (χ4n) is 2.05. The number of nitrogens with two attached hydrogens (primary N) is 1. The van der Waals surface area contributed by atoms with E-state index in [2.05, 4.69) is 23.7 Å². The van der Waals surface area contributed by atoms with Gasteiger partial charge in [0.2, 0.25) is 0 Å². The van der Waals surface area contributed by atoms with Crippen LogP contribution < -0.4 is 5.73 Å². The quantitative estimate of drug-likeness (QED) is 0.368. The maximum Gasteiger partial charge on any atom is 0.125 e. The van der Waals surface area contributed by atoms with E-state index < -0.39 is 5.60 Å². The Morgan fingerprint density at radius 3 is 2.36 bits per heavy atom. The molecule has 0 spiro atoms. The van der Waals surface area contributed by atoms with E-state index in [0.717, 1.165) is 25.3 Å². The average molecular weight is 313 g/mol. The predicted octanol–water partition coefficient (Wildman–Crippen LogP) is 2.20. The molecule has 0 unspecified atom stereocenters. The van der Waals surface area contributed by atoms with Crippen molar-refractivity contribution < 1.29 is 9.84 Å². The van der Waals surface area contributed by atoms with Crippen LogP contribution in [0.15, 0.2) is 16.1 Å². The Morgan fingerprint density at radius 2 is 1.91 bits per heavy atom. The number of aliphatic hydroxyl groups is 1. The molecular formula is C17H35N3O2. The van der Waals surface area contributed by atoms with Crippen molar-refractivity contribution in [1.29, 1.82) is 0 Å². The molecule has 0 saturated heterocycles. The summed E-state index contributed by atoms with van der Waals surface area (Å²) >= 11 is 0. The van der Waals surface area contributed by atoms with Gasteiger partial charge in [0.05, 0.1) is 5.60 Å². The zero-order valence-corrected chi connectivity index (χ0v) is 15.3. The van der Waals surface area contributed by atoms with Crippen LogP contribution in [0.25, 0.3) is 0 Å². The van der Waals surface area contributed by atoms with Crippen molar-refractivity contribution in [2.75, 3.05) is 39.9 Å². The van der Waals surface area contributed by atoms with E-state index in [9.17, 15) is 5.11 Å². The van der Waals surface area contributed by atoms with Crippen LogP contribution in [0.1, 0.15) is 47.5 Å². The monoisotopic (exact) mass is 313 g/mol. The van der Waals surface area contributed by atoms with Gasteiger partial charge in [-0.2, -0.15) is 0 Å². The number of nitrogens with zero attached hydrogens (tertiary/aromatic N) is 2. The second-order valence-electron chi connectivity index (χ2n) is 6.36. The lowest BCUT2D eigenvalue weighted by Gasteiger charge is -2.30. The van der Waals surface area contributed by atoms with Crippen molar-refractivity contribution in [3.05, 3.63) is 11.1 Å². The molecule has 130 valence electrons. The van der Waals surface area contributed by atoms with Crippen molar-refractivity contribution in [2.45, 2.75) is 53.1 Å². The largest absolute Gasteiger partial charge is 0.390 e. The fourth-order valence-corrected chi connectivity index (χ4v) is 2.05. The number of ether oxygens (including phenoxy) is 1. The molecule has 0 heterocycles.